The maximum Gasteiger partial charge on any atom is 0.253 e. The minimum Gasteiger partial charge on any atom is -0.367 e. The van der Waals surface area contributed by atoms with Gasteiger partial charge in [-0.25, -0.2) is 0 Å². The standard InChI is InChI=1S/C20H24N8O2S/c21-19-23-20(31-25-19)27-8-6-26(7-9-27)18(30)14-2-1-5-28(12-14)17(29)13-3-4-16-15(10-13)11-22-24-16/h3-4,10-11,14H,1-2,5-9,12H2,(H2,21,25)(H,22,24). The van der Waals surface area contributed by atoms with Crippen molar-refractivity contribution in [3.63, 3.8) is 0 Å². The number of benzene rings is 1. The number of nitrogens with one attached hydrogen (secondary N) is 1. The molecule has 5 rings (SSSR count). The number of amides is 2. The predicted molar refractivity (Wildman–Crippen MR) is 118 cm³/mol. The Morgan fingerprint density at radius 1 is 1.13 bits per heavy atom. The summed E-state index contributed by atoms with van der Waals surface area (Å²) in [5, 5.41) is 8.62. The van der Waals surface area contributed by atoms with E-state index in [-0.39, 0.29) is 23.7 Å². The third-order valence-corrected chi connectivity index (χ3v) is 6.83. The molecule has 1 atom stereocenters. The van der Waals surface area contributed by atoms with Crippen molar-refractivity contribution in [2.45, 2.75) is 12.8 Å². The number of carbonyl (C=O) groups excluding carboxylic acids is 2. The molecular weight excluding hydrogens is 416 g/mol. The van der Waals surface area contributed by atoms with Gasteiger partial charge in [-0.15, -0.1) is 0 Å². The Labute approximate surface area is 183 Å². The number of fused-ring (bicyclic) bond motifs is 1. The molecular formula is C20H24N8O2S. The zero-order chi connectivity index (χ0) is 21.4. The number of hydrogen-bond acceptors (Lipinski definition) is 8. The summed E-state index contributed by atoms with van der Waals surface area (Å²) < 4.78 is 4.03. The van der Waals surface area contributed by atoms with Crippen LogP contribution in [-0.2, 0) is 4.79 Å². The summed E-state index contributed by atoms with van der Waals surface area (Å²) in [6.45, 7) is 3.84. The third kappa shape index (κ3) is 3.92. The molecule has 1 unspecified atom stereocenters. The van der Waals surface area contributed by atoms with E-state index in [2.05, 4.69) is 24.5 Å². The highest BCUT2D eigenvalue weighted by Gasteiger charge is 2.33. The molecule has 11 heteroatoms. The number of rotatable bonds is 3. The van der Waals surface area contributed by atoms with Crippen LogP contribution in [0.15, 0.2) is 24.4 Å². The monoisotopic (exact) mass is 440 g/mol. The summed E-state index contributed by atoms with van der Waals surface area (Å²) in [4.78, 5) is 36.3. The van der Waals surface area contributed by atoms with Gasteiger partial charge in [0.05, 0.1) is 17.6 Å². The number of piperidine rings is 1. The molecule has 0 aliphatic carbocycles. The number of aromatic amines is 1. The number of piperazine rings is 1. The van der Waals surface area contributed by atoms with Gasteiger partial charge in [-0.05, 0) is 31.0 Å². The van der Waals surface area contributed by atoms with Gasteiger partial charge in [0.15, 0.2) is 0 Å². The van der Waals surface area contributed by atoms with Crippen LogP contribution < -0.4 is 10.6 Å². The highest BCUT2D eigenvalue weighted by atomic mass is 32.1. The molecule has 4 heterocycles. The number of likely N-dealkylation sites (tertiary alicyclic amines) is 1. The summed E-state index contributed by atoms with van der Waals surface area (Å²) in [5.41, 5.74) is 7.15. The molecule has 0 spiro atoms. The minimum absolute atomic E-state index is 0.0284. The van der Waals surface area contributed by atoms with Crippen LogP contribution in [0.25, 0.3) is 10.9 Å². The third-order valence-electron chi connectivity index (χ3n) is 6.04. The van der Waals surface area contributed by atoms with E-state index in [0.717, 1.165) is 28.9 Å². The van der Waals surface area contributed by atoms with Crippen LogP contribution >= 0.6 is 11.5 Å². The van der Waals surface area contributed by atoms with Gasteiger partial charge in [0.1, 0.15) is 0 Å². The van der Waals surface area contributed by atoms with Gasteiger partial charge in [0.25, 0.3) is 5.91 Å². The smallest absolute Gasteiger partial charge is 0.253 e. The molecule has 2 fully saturated rings. The highest BCUT2D eigenvalue weighted by molar-refractivity contribution is 7.09. The molecule has 0 bridgehead atoms. The summed E-state index contributed by atoms with van der Waals surface area (Å²) in [6, 6.07) is 5.53. The molecule has 2 aromatic heterocycles. The predicted octanol–water partition coefficient (Wildman–Crippen LogP) is 1.20. The molecule has 162 valence electrons. The normalized spacial score (nSPS) is 19.7. The van der Waals surface area contributed by atoms with Gasteiger partial charge in [0, 0.05) is 61.8 Å². The van der Waals surface area contributed by atoms with Gasteiger partial charge < -0.3 is 20.4 Å². The first-order valence-corrected chi connectivity index (χ1v) is 11.2. The Morgan fingerprint density at radius 3 is 2.74 bits per heavy atom. The summed E-state index contributed by atoms with van der Waals surface area (Å²) in [7, 11) is 0. The Bertz CT molecular complexity index is 1100. The minimum atomic E-state index is -0.154. The number of nitrogens with two attached hydrogens (primary N) is 1. The van der Waals surface area contributed by atoms with Crippen LogP contribution in [-0.4, -0.2) is 80.4 Å². The molecule has 3 aromatic rings. The number of anilines is 2. The van der Waals surface area contributed by atoms with E-state index in [1.165, 1.54) is 11.5 Å². The summed E-state index contributed by atoms with van der Waals surface area (Å²) >= 11 is 1.28. The van der Waals surface area contributed by atoms with E-state index >= 15 is 0 Å². The van der Waals surface area contributed by atoms with Crippen LogP contribution in [0.2, 0.25) is 0 Å². The molecule has 3 N–H and O–H groups in total. The largest absolute Gasteiger partial charge is 0.367 e. The van der Waals surface area contributed by atoms with Crippen molar-refractivity contribution in [2.75, 3.05) is 49.9 Å². The molecule has 31 heavy (non-hydrogen) atoms. The van der Waals surface area contributed by atoms with Crippen LogP contribution in [0.3, 0.4) is 0 Å². The first-order chi connectivity index (χ1) is 15.1. The Hall–Kier alpha value is -3.21. The number of carbonyl (C=O) groups is 2. The second-order valence-corrected chi connectivity index (χ2v) is 8.74. The van der Waals surface area contributed by atoms with Gasteiger partial charge >= 0.3 is 0 Å². The zero-order valence-electron chi connectivity index (χ0n) is 17.0. The van der Waals surface area contributed by atoms with Crippen LogP contribution in [0.4, 0.5) is 11.1 Å². The summed E-state index contributed by atoms with van der Waals surface area (Å²) in [6.07, 6.45) is 3.36. The van der Waals surface area contributed by atoms with Crippen LogP contribution in [0, 0.1) is 5.92 Å². The first-order valence-electron chi connectivity index (χ1n) is 10.4. The van der Waals surface area contributed by atoms with Crippen molar-refractivity contribution < 1.29 is 9.59 Å². The molecule has 2 aliphatic rings. The highest BCUT2D eigenvalue weighted by Crippen LogP contribution is 2.24. The molecule has 1 aromatic carbocycles. The fraction of sp³-hybridized carbons (Fsp3) is 0.450. The molecule has 2 aliphatic heterocycles. The number of hydrogen-bond donors (Lipinski definition) is 2. The second kappa shape index (κ2) is 8.14. The van der Waals surface area contributed by atoms with Crippen molar-refractivity contribution in [1.29, 1.82) is 0 Å². The van der Waals surface area contributed by atoms with E-state index in [9.17, 15) is 9.59 Å². The van der Waals surface area contributed by atoms with Crippen molar-refractivity contribution in [1.82, 2.24) is 29.4 Å². The lowest BCUT2D eigenvalue weighted by Gasteiger charge is -2.38. The lowest BCUT2D eigenvalue weighted by molar-refractivity contribution is -0.137. The first kappa shape index (κ1) is 19.7. The van der Waals surface area contributed by atoms with Gasteiger partial charge in [0.2, 0.25) is 17.0 Å². The van der Waals surface area contributed by atoms with Gasteiger partial charge in [-0.2, -0.15) is 14.5 Å². The average Bonchev–Trinajstić information content (AvgIpc) is 3.46. The fourth-order valence-corrected chi connectivity index (χ4v) is 5.00. The van der Waals surface area contributed by atoms with E-state index in [4.69, 9.17) is 5.73 Å². The topological polar surface area (TPSA) is 124 Å². The SMILES string of the molecule is Nc1nsc(N2CCN(C(=O)C3CCCN(C(=O)c4ccc5[nH]ncc5c4)C3)CC2)n1. The number of nitrogen functional groups attached to an aromatic ring is 1. The Morgan fingerprint density at radius 2 is 1.97 bits per heavy atom. The fourth-order valence-electron chi connectivity index (χ4n) is 4.35. The number of aromatic nitrogens is 4. The maximum atomic E-state index is 13.2. The number of nitrogens with zero attached hydrogens (tertiary/aromatic N) is 6. The van der Waals surface area contributed by atoms with Crippen LogP contribution in [0.5, 0.6) is 0 Å². The molecule has 2 saturated heterocycles. The van der Waals surface area contributed by atoms with Gasteiger partial charge in [-0.3, -0.25) is 14.7 Å². The van der Waals surface area contributed by atoms with E-state index in [1.807, 2.05) is 28.0 Å². The average molecular weight is 441 g/mol. The second-order valence-electron chi connectivity index (χ2n) is 8.01. The van der Waals surface area contributed by atoms with E-state index in [1.54, 1.807) is 6.20 Å². The zero-order valence-corrected chi connectivity index (χ0v) is 17.8. The Kier molecular flexibility index (Phi) is 5.18. The van der Waals surface area contributed by atoms with Crippen molar-refractivity contribution in [2.24, 2.45) is 5.92 Å². The lowest BCUT2D eigenvalue weighted by atomic mass is 9.95. The van der Waals surface area contributed by atoms with Crippen LogP contribution in [0.1, 0.15) is 23.2 Å². The maximum absolute atomic E-state index is 13.2. The van der Waals surface area contributed by atoms with Crippen molar-refractivity contribution in [3.8, 4) is 0 Å². The van der Waals surface area contributed by atoms with E-state index in [0.29, 0.717) is 44.8 Å². The molecule has 10 nitrogen and oxygen atoms in total. The quantitative estimate of drug-likeness (QED) is 0.627. The summed E-state index contributed by atoms with van der Waals surface area (Å²) in [5.74, 6) is 0.245. The number of H-pyrrole nitrogens is 1. The van der Waals surface area contributed by atoms with E-state index < -0.39 is 0 Å². The molecule has 2 amide bonds. The van der Waals surface area contributed by atoms with Crippen molar-refractivity contribution in [3.05, 3.63) is 30.0 Å². The van der Waals surface area contributed by atoms with Crippen molar-refractivity contribution >= 4 is 45.3 Å². The van der Waals surface area contributed by atoms with Gasteiger partial charge in [-0.1, -0.05) is 0 Å². The molecule has 0 saturated carbocycles. The Balaban J connectivity index is 1.21. The lowest BCUT2D eigenvalue weighted by Crippen LogP contribution is -2.53. The molecule has 0 radical (unpaired) electrons.